The molecule has 0 saturated heterocycles. The Hall–Kier alpha value is -2.19. The third-order valence-electron chi connectivity index (χ3n) is 3.64. The van der Waals surface area contributed by atoms with Crippen molar-refractivity contribution in [1.82, 2.24) is 0 Å². The normalized spacial score (nSPS) is 12.7. The van der Waals surface area contributed by atoms with E-state index in [-0.39, 0.29) is 9.79 Å². The molecule has 13 heteroatoms. The SMILES string of the molecule is Nc1ccc(S(=O)(=O)CCOS(=O)(=O)OCCS(=O)(=O)c2ccc(N)cc2)cc1. The van der Waals surface area contributed by atoms with Crippen LogP contribution in [0.15, 0.2) is 58.3 Å². The standard InChI is InChI=1S/C16H20N2O8S3/c17-13-1-5-15(6-2-13)27(19,20)11-9-25-29(23,24)26-10-12-28(21,22)16-7-3-14(18)4-8-16/h1-8H,9-12,17-18H2. The fourth-order valence-electron chi connectivity index (χ4n) is 2.11. The number of nitrogens with two attached hydrogens (primary N) is 2. The Morgan fingerprint density at radius 1 is 0.586 bits per heavy atom. The summed E-state index contributed by atoms with van der Waals surface area (Å²) >= 11 is 0. The first-order chi connectivity index (χ1) is 13.4. The van der Waals surface area contributed by atoms with E-state index < -0.39 is 54.8 Å². The lowest BCUT2D eigenvalue weighted by molar-refractivity contribution is 0.232. The lowest BCUT2D eigenvalue weighted by Crippen LogP contribution is -2.20. The van der Waals surface area contributed by atoms with Gasteiger partial charge in [-0.2, -0.15) is 8.42 Å². The number of benzene rings is 2. The molecule has 0 aliphatic carbocycles. The second-order valence-electron chi connectivity index (χ2n) is 5.83. The van der Waals surface area contributed by atoms with E-state index in [1.54, 1.807) is 0 Å². The van der Waals surface area contributed by atoms with Gasteiger partial charge in [-0.05, 0) is 48.5 Å². The van der Waals surface area contributed by atoms with Crippen LogP contribution in [0.2, 0.25) is 0 Å². The maximum Gasteiger partial charge on any atom is 0.399 e. The van der Waals surface area contributed by atoms with E-state index in [1.807, 2.05) is 0 Å². The van der Waals surface area contributed by atoms with E-state index in [9.17, 15) is 25.3 Å². The molecule has 0 heterocycles. The Morgan fingerprint density at radius 2 is 0.897 bits per heavy atom. The summed E-state index contributed by atoms with van der Waals surface area (Å²) in [5, 5.41) is 0. The number of anilines is 2. The van der Waals surface area contributed by atoms with E-state index in [2.05, 4.69) is 8.37 Å². The highest BCUT2D eigenvalue weighted by molar-refractivity contribution is 7.91. The van der Waals surface area contributed by atoms with Gasteiger partial charge >= 0.3 is 10.4 Å². The van der Waals surface area contributed by atoms with Crippen LogP contribution in [-0.2, 0) is 38.4 Å². The van der Waals surface area contributed by atoms with E-state index in [0.29, 0.717) is 11.4 Å². The van der Waals surface area contributed by atoms with Gasteiger partial charge in [0.2, 0.25) is 0 Å². The van der Waals surface area contributed by atoms with Gasteiger partial charge in [0, 0.05) is 11.4 Å². The van der Waals surface area contributed by atoms with Crippen LogP contribution >= 0.6 is 0 Å². The molecule has 0 aromatic heterocycles. The molecule has 0 spiro atoms. The van der Waals surface area contributed by atoms with Crippen LogP contribution in [0.1, 0.15) is 0 Å². The van der Waals surface area contributed by atoms with Crippen molar-refractivity contribution in [2.75, 3.05) is 36.2 Å². The van der Waals surface area contributed by atoms with Crippen LogP contribution < -0.4 is 11.5 Å². The lowest BCUT2D eigenvalue weighted by Gasteiger charge is -2.08. The molecule has 2 aromatic rings. The molecule has 2 rings (SSSR count). The molecule has 0 aliphatic heterocycles. The summed E-state index contributed by atoms with van der Waals surface area (Å²) in [6.45, 7) is -1.39. The fourth-order valence-corrected chi connectivity index (χ4v) is 5.14. The highest BCUT2D eigenvalue weighted by atomic mass is 32.3. The number of sulfone groups is 2. The summed E-state index contributed by atoms with van der Waals surface area (Å²) in [6.07, 6.45) is 0. The molecule has 0 unspecified atom stereocenters. The van der Waals surface area contributed by atoms with Crippen LogP contribution in [0.25, 0.3) is 0 Å². The van der Waals surface area contributed by atoms with E-state index >= 15 is 0 Å². The molecule has 0 bridgehead atoms. The van der Waals surface area contributed by atoms with Crippen molar-refractivity contribution in [3.63, 3.8) is 0 Å². The average molecular weight is 465 g/mol. The average Bonchev–Trinajstić information content (AvgIpc) is 2.61. The summed E-state index contributed by atoms with van der Waals surface area (Å²) < 4.78 is 80.8. The summed E-state index contributed by atoms with van der Waals surface area (Å²) in [7, 11) is -12.2. The quantitative estimate of drug-likeness (QED) is 0.468. The van der Waals surface area contributed by atoms with Gasteiger partial charge in [-0.1, -0.05) is 0 Å². The highest BCUT2D eigenvalue weighted by Gasteiger charge is 2.20. The minimum atomic E-state index is -4.57. The van der Waals surface area contributed by atoms with Crippen LogP contribution in [0, 0.1) is 0 Å². The van der Waals surface area contributed by atoms with Crippen molar-refractivity contribution in [1.29, 1.82) is 0 Å². The first kappa shape index (κ1) is 23.1. The monoisotopic (exact) mass is 464 g/mol. The van der Waals surface area contributed by atoms with Gasteiger partial charge < -0.3 is 11.5 Å². The Labute approximate surface area is 169 Å². The topological polar surface area (TPSA) is 173 Å². The molecule has 0 aliphatic rings. The summed E-state index contributed by atoms with van der Waals surface area (Å²) in [5.41, 5.74) is 11.7. The predicted octanol–water partition coefficient (Wildman–Crippen LogP) is 0.377. The first-order valence-electron chi connectivity index (χ1n) is 8.12. The molecule has 0 fully saturated rings. The predicted molar refractivity (Wildman–Crippen MR) is 107 cm³/mol. The number of rotatable bonds is 10. The van der Waals surface area contributed by atoms with E-state index in [0.717, 1.165) is 0 Å². The highest BCUT2D eigenvalue weighted by Crippen LogP contribution is 2.15. The van der Waals surface area contributed by atoms with Gasteiger partial charge in [-0.15, -0.1) is 0 Å². The third kappa shape index (κ3) is 6.97. The maximum atomic E-state index is 12.1. The van der Waals surface area contributed by atoms with Gasteiger partial charge in [0.1, 0.15) is 0 Å². The summed E-state index contributed by atoms with van der Waals surface area (Å²) in [4.78, 5) is -0.0774. The van der Waals surface area contributed by atoms with Crippen molar-refractivity contribution in [2.24, 2.45) is 0 Å². The van der Waals surface area contributed by atoms with Crippen LogP contribution in [0.5, 0.6) is 0 Å². The number of nitrogen functional groups attached to an aromatic ring is 2. The Balaban J connectivity index is 1.85. The minimum absolute atomic E-state index is 0.0387. The molecule has 10 nitrogen and oxygen atoms in total. The Bertz CT molecular complexity index is 1050. The third-order valence-corrected chi connectivity index (χ3v) is 7.94. The molecule has 0 saturated carbocycles. The molecule has 160 valence electrons. The van der Waals surface area contributed by atoms with Crippen LogP contribution in [0.4, 0.5) is 11.4 Å². The van der Waals surface area contributed by atoms with E-state index in [4.69, 9.17) is 11.5 Å². The van der Waals surface area contributed by atoms with Crippen LogP contribution in [0.3, 0.4) is 0 Å². The summed E-state index contributed by atoms with van der Waals surface area (Å²) in [6, 6.07) is 10.7. The van der Waals surface area contributed by atoms with Gasteiger partial charge in [0.15, 0.2) is 19.7 Å². The molecule has 4 N–H and O–H groups in total. The molecule has 0 atom stereocenters. The van der Waals surface area contributed by atoms with Gasteiger partial charge in [0.25, 0.3) is 0 Å². The second kappa shape index (κ2) is 9.09. The molecule has 29 heavy (non-hydrogen) atoms. The van der Waals surface area contributed by atoms with Gasteiger partial charge in [-0.25, -0.2) is 25.2 Å². The summed E-state index contributed by atoms with van der Waals surface area (Å²) in [5.74, 6) is -1.24. The second-order valence-corrected chi connectivity index (χ2v) is 11.3. The Morgan fingerprint density at radius 3 is 1.21 bits per heavy atom. The molecule has 0 radical (unpaired) electrons. The zero-order valence-corrected chi connectivity index (χ0v) is 17.5. The molecule has 2 aromatic carbocycles. The van der Waals surface area contributed by atoms with Gasteiger partial charge in [0.05, 0.1) is 34.5 Å². The van der Waals surface area contributed by atoms with Crippen molar-refractivity contribution in [2.45, 2.75) is 9.79 Å². The molecular weight excluding hydrogens is 444 g/mol. The minimum Gasteiger partial charge on any atom is -0.399 e. The molecule has 0 amide bonds. The molecular formula is C16H20N2O8S3. The van der Waals surface area contributed by atoms with Crippen molar-refractivity contribution in [3.8, 4) is 0 Å². The van der Waals surface area contributed by atoms with Crippen molar-refractivity contribution in [3.05, 3.63) is 48.5 Å². The van der Waals surface area contributed by atoms with Gasteiger partial charge in [-0.3, -0.25) is 0 Å². The Kier molecular flexibility index (Phi) is 7.24. The van der Waals surface area contributed by atoms with E-state index in [1.165, 1.54) is 48.5 Å². The maximum absolute atomic E-state index is 12.1. The fraction of sp³-hybridized carbons (Fsp3) is 0.250. The van der Waals surface area contributed by atoms with Crippen molar-refractivity contribution < 1.29 is 33.6 Å². The smallest absolute Gasteiger partial charge is 0.399 e. The largest absolute Gasteiger partial charge is 0.399 e. The number of hydrogen-bond donors (Lipinski definition) is 2. The number of hydrogen-bond acceptors (Lipinski definition) is 10. The zero-order valence-electron chi connectivity index (χ0n) is 15.1. The zero-order chi connectivity index (χ0) is 21.7. The van der Waals surface area contributed by atoms with Crippen LogP contribution in [-0.4, -0.2) is 50.0 Å². The van der Waals surface area contributed by atoms with Crippen molar-refractivity contribution >= 4 is 41.4 Å². The first-order valence-corrected chi connectivity index (χ1v) is 12.8. The lowest BCUT2D eigenvalue weighted by atomic mass is 10.3.